The molecule has 2 nitrogen and oxygen atoms in total. The summed E-state index contributed by atoms with van der Waals surface area (Å²) in [5.74, 6) is -0.204. The van der Waals surface area contributed by atoms with Crippen LogP contribution in [0.4, 0.5) is 4.39 Å². The van der Waals surface area contributed by atoms with Crippen LogP contribution in [-0.2, 0) is 0 Å². The summed E-state index contributed by atoms with van der Waals surface area (Å²) < 4.78 is 18.5. The highest BCUT2D eigenvalue weighted by molar-refractivity contribution is 6.33. The topological polar surface area (TPSA) is 21.3 Å². The van der Waals surface area contributed by atoms with Crippen LogP contribution in [-0.4, -0.2) is 14.2 Å². The molecule has 106 valence electrons. The van der Waals surface area contributed by atoms with Crippen LogP contribution in [0.5, 0.6) is 5.75 Å². The molecule has 2 aromatic carbocycles. The zero-order valence-corrected chi connectivity index (χ0v) is 12.6. The summed E-state index contributed by atoms with van der Waals surface area (Å²) >= 11 is 12.2. The van der Waals surface area contributed by atoms with E-state index in [2.05, 4.69) is 5.32 Å². The van der Waals surface area contributed by atoms with Crippen molar-refractivity contribution in [1.29, 1.82) is 0 Å². The average molecular weight is 314 g/mol. The fourth-order valence-electron chi connectivity index (χ4n) is 2.09. The van der Waals surface area contributed by atoms with E-state index >= 15 is 0 Å². The molecule has 0 aromatic heterocycles. The number of hydrogen-bond donors (Lipinski definition) is 1. The molecular formula is C15H14Cl2FNO. The number of ether oxygens (including phenoxy) is 1. The smallest absolute Gasteiger partial charge is 0.165 e. The van der Waals surface area contributed by atoms with Gasteiger partial charge in [-0.1, -0.05) is 29.3 Å². The molecule has 20 heavy (non-hydrogen) atoms. The second kappa shape index (κ2) is 6.44. The molecule has 0 heterocycles. The predicted molar refractivity (Wildman–Crippen MR) is 80.3 cm³/mol. The summed E-state index contributed by atoms with van der Waals surface area (Å²) in [6.45, 7) is 0. The zero-order chi connectivity index (χ0) is 14.7. The monoisotopic (exact) mass is 313 g/mol. The van der Waals surface area contributed by atoms with Crippen molar-refractivity contribution in [2.24, 2.45) is 0 Å². The Kier molecular flexibility index (Phi) is 4.86. The molecule has 0 aliphatic carbocycles. The normalized spacial score (nSPS) is 12.2. The molecule has 0 saturated carbocycles. The van der Waals surface area contributed by atoms with Crippen LogP contribution < -0.4 is 10.1 Å². The maximum absolute atomic E-state index is 13.5. The van der Waals surface area contributed by atoms with Crippen LogP contribution in [0.25, 0.3) is 0 Å². The van der Waals surface area contributed by atoms with Gasteiger partial charge in [0.1, 0.15) is 0 Å². The third-order valence-electron chi connectivity index (χ3n) is 3.07. The molecule has 2 aromatic rings. The quantitative estimate of drug-likeness (QED) is 0.900. The Morgan fingerprint density at radius 3 is 2.55 bits per heavy atom. The molecule has 1 unspecified atom stereocenters. The Labute approximate surface area is 127 Å². The second-order valence-corrected chi connectivity index (χ2v) is 5.13. The van der Waals surface area contributed by atoms with Gasteiger partial charge >= 0.3 is 0 Å². The molecule has 0 fully saturated rings. The van der Waals surface area contributed by atoms with E-state index in [-0.39, 0.29) is 11.8 Å². The van der Waals surface area contributed by atoms with Gasteiger partial charge in [0, 0.05) is 10.0 Å². The van der Waals surface area contributed by atoms with Crippen molar-refractivity contribution in [3.05, 3.63) is 63.4 Å². The van der Waals surface area contributed by atoms with Gasteiger partial charge in [0.05, 0.1) is 13.2 Å². The molecule has 1 atom stereocenters. The Bertz CT molecular complexity index is 619. The molecule has 0 aliphatic heterocycles. The summed E-state index contributed by atoms with van der Waals surface area (Å²) in [5.41, 5.74) is 1.67. The van der Waals surface area contributed by atoms with E-state index < -0.39 is 5.82 Å². The van der Waals surface area contributed by atoms with E-state index in [0.29, 0.717) is 10.0 Å². The Balaban J connectivity index is 2.49. The number of halogens is 3. The van der Waals surface area contributed by atoms with E-state index in [4.69, 9.17) is 27.9 Å². The number of hydrogen-bond acceptors (Lipinski definition) is 2. The Morgan fingerprint density at radius 2 is 1.90 bits per heavy atom. The molecule has 0 bridgehead atoms. The first kappa shape index (κ1) is 15.1. The van der Waals surface area contributed by atoms with Crippen LogP contribution in [0.2, 0.25) is 10.0 Å². The standard InChI is InChI=1S/C15H14Cl2FNO/c1-19-15(11-8-10(16)4-5-12(11)17)9-3-6-13(18)14(7-9)20-2/h3-8,15,19H,1-2H3. The van der Waals surface area contributed by atoms with Crippen molar-refractivity contribution < 1.29 is 9.13 Å². The molecule has 0 radical (unpaired) electrons. The summed E-state index contributed by atoms with van der Waals surface area (Å²) in [7, 11) is 3.24. The highest BCUT2D eigenvalue weighted by Crippen LogP contribution is 2.32. The zero-order valence-electron chi connectivity index (χ0n) is 11.1. The Hall–Kier alpha value is -1.29. The predicted octanol–water partition coefficient (Wildman–Crippen LogP) is 4.45. The van der Waals surface area contributed by atoms with Gasteiger partial charge in [-0.25, -0.2) is 4.39 Å². The van der Waals surface area contributed by atoms with Gasteiger partial charge in [0.2, 0.25) is 0 Å². The first-order valence-corrected chi connectivity index (χ1v) is 6.78. The van der Waals surface area contributed by atoms with Crippen molar-refractivity contribution in [1.82, 2.24) is 5.32 Å². The minimum Gasteiger partial charge on any atom is -0.494 e. The van der Waals surface area contributed by atoms with Crippen LogP contribution in [0.15, 0.2) is 36.4 Å². The van der Waals surface area contributed by atoms with E-state index in [0.717, 1.165) is 11.1 Å². The average Bonchev–Trinajstić information content (AvgIpc) is 2.45. The molecule has 2 rings (SSSR count). The number of nitrogens with one attached hydrogen (secondary N) is 1. The summed E-state index contributed by atoms with van der Waals surface area (Å²) in [5, 5.41) is 4.34. The van der Waals surface area contributed by atoms with Gasteiger partial charge in [0.25, 0.3) is 0 Å². The van der Waals surface area contributed by atoms with Crippen molar-refractivity contribution in [2.45, 2.75) is 6.04 Å². The number of rotatable bonds is 4. The maximum atomic E-state index is 13.5. The minimum absolute atomic E-state index is 0.195. The lowest BCUT2D eigenvalue weighted by Gasteiger charge is -2.19. The molecule has 0 amide bonds. The fourth-order valence-corrected chi connectivity index (χ4v) is 2.50. The van der Waals surface area contributed by atoms with Crippen LogP contribution in [0.3, 0.4) is 0 Å². The largest absolute Gasteiger partial charge is 0.494 e. The van der Waals surface area contributed by atoms with Gasteiger partial charge in [-0.15, -0.1) is 0 Å². The van der Waals surface area contributed by atoms with Crippen molar-refractivity contribution in [2.75, 3.05) is 14.2 Å². The third-order valence-corrected chi connectivity index (χ3v) is 3.65. The number of methoxy groups -OCH3 is 1. The van der Waals surface area contributed by atoms with Crippen LogP contribution in [0.1, 0.15) is 17.2 Å². The van der Waals surface area contributed by atoms with E-state index in [1.807, 2.05) is 0 Å². The van der Waals surface area contributed by atoms with E-state index in [1.165, 1.54) is 13.2 Å². The Morgan fingerprint density at radius 1 is 1.15 bits per heavy atom. The molecular weight excluding hydrogens is 300 g/mol. The maximum Gasteiger partial charge on any atom is 0.165 e. The first-order chi connectivity index (χ1) is 9.56. The molecule has 5 heteroatoms. The highest BCUT2D eigenvalue weighted by Gasteiger charge is 2.17. The van der Waals surface area contributed by atoms with Gasteiger partial charge in [-0.3, -0.25) is 0 Å². The highest BCUT2D eigenvalue weighted by atomic mass is 35.5. The van der Waals surface area contributed by atoms with E-state index in [1.54, 1.807) is 37.4 Å². The summed E-state index contributed by atoms with van der Waals surface area (Å²) in [4.78, 5) is 0. The minimum atomic E-state index is -0.400. The van der Waals surface area contributed by atoms with Crippen molar-refractivity contribution in [3.8, 4) is 5.75 Å². The van der Waals surface area contributed by atoms with Crippen molar-refractivity contribution in [3.63, 3.8) is 0 Å². The van der Waals surface area contributed by atoms with Crippen LogP contribution in [0, 0.1) is 5.82 Å². The van der Waals surface area contributed by atoms with Gasteiger partial charge < -0.3 is 10.1 Å². The third kappa shape index (κ3) is 3.06. The van der Waals surface area contributed by atoms with Gasteiger partial charge in [-0.2, -0.15) is 0 Å². The lowest BCUT2D eigenvalue weighted by molar-refractivity contribution is 0.385. The summed E-state index contributed by atoms with van der Waals surface area (Å²) in [6, 6.07) is 9.77. The van der Waals surface area contributed by atoms with Gasteiger partial charge in [-0.05, 0) is 48.5 Å². The van der Waals surface area contributed by atoms with Crippen molar-refractivity contribution >= 4 is 23.2 Å². The second-order valence-electron chi connectivity index (χ2n) is 4.28. The molecule has 0 saturated heterocycles. The molecule has 1 N–H and O–H groups in total. The number of benzene rings is 2. The lowest BCUT2D eigenvalue weighted by Crippen LogP contribution is -2.18. The van der Waals surface area contributed by atoms with E-state index in [9.17, 15) is 4.39 Å². The lowest BCUT2D eigenvalue weighted by atomic mass is 9.98. The SMILES string of the molecule is CNC(c1ccc(F)c(OC)c1)c1cc(Cl)ccc1Cl. The molecule has 0 spiro atoms. The first-order valence-electron chi connectivity index (χ1n) is 6.02. The van der Waals surface area contributed by atoms with Gasteiger partial charge in [0.15, 0.2) is 11.6 Å². The van der Waals surface area contributed by atoms with Crippen LogP contribution >= 0.6 is 23.2 Å². The fraction of sp³-hybridized carbons (Fsp3) is 0.200. The summed E-state index contributed by atoms with van der Waals surface area (Å²) in [6.07, 6.45) is 0. The molecule has 0 aliphatic rings.